The van der Waals surface area contributed by atoms with Gasteiger partial charge in [-0.05, 0) is 30.5 Å². The SMILES string of the molecule is CCn1nnc2ccc(C(C)C)cc21. The van der Waals surface area contributed by atoms with Gasteiger partial charge in [-0.3, -0.25) is 0 Å². The molecule has 0 aliphatic rings. The number of hydrogen-bond acceptors (Lipinski definition) is 2. The Morgan fingerprint density at radius 1 is 1.36 bits per heavy atom. The van der Waals surface area contributed by atoms with Gasteiger partial charge < -0.3 is 0 Å². The second-order valence-electron chi connectivity index (χ2n) is 3.81. The summed E-state index contributed by atoms with van der Waals surface area (Å²) in [4.78, 5) is 0. The first-order valence-electron chi connectivity index (χ1n) is 5.05. The molecule has 2 rings (SSSR count). The molecular formula is C11H15N3. The van der Waals surface area contributed by atoms with Crippen molar-refractivity contribution in [3.05, 3.63) is 23.8 Å². The van der Waals surface area contributed by atoms with Crippen LogP contribution in [0, 0.1) is 0 Å². The summed E-state index contributed by atoms with van der Waals surface area (Å²) in [6, 6.07) is 6.36. The average molecular weight is 189 g/mol. The summed E-state index contributed by atoms with van der Waals surface area (Å²) >= 11 is 0. The van der Waals surface area contributed by atoms with Crippen LogP contribution in [0.1, 0.15) is 32.3 Å². The quantitative estimate of drug-likeness (QED) is 0.727. The molecule has 0 aliphatic carbocycles. The van der Waals surface area contributed by atoms with E-state index in [4.69, 9.17) is 0 Å². The van der Waals surface area contributed by atoms with E-state index >= 15 is 0 Å². The van der Waals surface area contributed by atoms with Gasteiger partial charge in [0.2, 0.25) is 0 Å². The van der Waals surface area contributed by atoms with Crippen LogP contribution in [0.15, 0.2) is 18.2 Å². The molecule has 0 spiro atoms. The molecule has 0 amide bonds. The number of hydrogen-bond donors (Lipinski definition) is 0. The predicted octanol–water partition coefficient (Wildman–Crippen LogP) is 2.57. The lowest BCUT2D eigenvalue weighted by molar-refractivity contribution is 0.646. The number of benzene rings is 1. The number of aryl methyl sites for hydroxylation is 1. The average Bonchev–Trinajstić information content (AvgIpc) is 2.59. The molecule has 1 aromatic heterocycles. The molecule has 3 heteroatoms. The summed E-state index contributed by atoms with van der Waals surface area (Å²) in [5.41, 5.74) is 3.46. The van der Waals surface area contributed by atoms with Crippen molar-refractivity contribution in [3.63, 3.8) is 0 Å². The van der Waals surface area contributed by atoms with Gasteiger partial charge in [0, 0.05) is 6.54 Å². The Labute approximate surface area is 83.7 Å². The highest BCUT2D eigenvalue weighted by Crippen LogP contribution is 2.19. The minimum absolute atomic E-state index is 0.555. The minimum atomic E-state index is 0.555. The van der Waals surface area contributed by atoms with E-state index in [1.807, 2.05) is 10.7 Å². The Balaban J connectivity index is 2.61. The van der Waals surface area contributed by atoms with Gasteiger partial charge in [-0.1, -0.05) is 25.1 Å². The van der Waals surface area contributed by atoms with E-state index in [9.17, 15) is 0 Å². The van der Waals surface area contributed by atoms with Crippen molar-refractivity contribution in [1.29, 1.82) is 0 Å². The standard InChI is InChI=1S/C11H15N3/c1-4-14-11-7-9(8(2)3)5-6-10(11)12-13-14/h5-8H,4H2,1-3H3. The van der Waals surface area contributed by atoms with Gasteiger partial charge in [0.25, 0.3) is 0 Å². The second-order valence-corrected chi connectivity index (χ2v) is 3.81. The van der Waals surface area contributed by atoms with Crippen LogP contribution in [-0.4, -0.2) is 15.0 Å². The fourth-order valence-corrected chi connectivity index (χ4v) is 1.57. The van der Waals surface area contributed by atoms with Crippen LogP contribution in [0.2, 0.25) is 0 Å². The van der Waals surface area contributed by atoms with Crippen LogP contribution < -0.4 is 0 Å². The van der Waals surface area contributed by atoms with E-state index in [0.29, 0.717) is 5.92 Å². The van der Waals surface area contributed by atoms with E-state index < -0.39 is 0 Å². The molecule has 0 saturated carbocycles. The Morgan fingerprint density at radius 2 is 2.14 bits per heavy atom. The molecule has 1 heterocycles. The lowest BCUT2D eigenvalue weighted by atomic mass is 10.0. The molecule has 0 saturated heterocycles. The maximum absolute atomic E-state index is 4.10. The summed E-state index contributed by atoms with van der Waals surface area (Å²) in [5, 5.41) is 8.18. The normalized spacial score (nSPS) is 11.4. The number of rotatable bonds is 2. The minimum Gasteiger partial charge on any atom is -0.245 e. The topological polar surface area (TPSA) is 30.7 Å². The molecule has 14 heavy (non-hydrogen) atoms. The highest BCUT2D eigenvalue weighted by Gasteiger charge is 2.05. The second kappa shape index (κ2) is 3.40. The third-order valence-corrected chi connectivity index (χ3v) is 2.50. The predicted molar refractivity (Wildman–Crippen MR) is 57.3 cm³/mol. The summed E-state index contributed by atoms with van der Waals surface area (Å²) < 4.78 is 1.93. The van der Waals surface area contributed by atoms with E-state index in [2.05, 4.69) is 43.2 Å². The molecule has 0 aliphatic heterocycles. The number of nitrogens with zero attached hydrogens (tertiary/aromatic N) is 3. The van der Waals surface area contributed by atoms with Crippen molar-refractivity contribution in [3.8, 4) is 0 Å². The highest BCUT2D eigenvalue weighted by atomic mass is 15.4. The fraction of sp³-hybridized carbons (Fsp3) is 0.455. The molecule has 0 unspecified atom stereocenters. The van der Waals surface area contributed by atoms with E-state index in [1.54, 1.807) is 0 Å². The molecule has 3 nitrogen and oxygen atoms in total. The molecule has 0 fully saturated rings. The van der Waals surface area contributed by atoms with Gasteiger partial charge in [0.05, 0.1) is 5.52 Å². The molecule has 0 radical (unpaired) electrons. The first-order valence-corrected chi connectivity index (χ1v) is 5.05. The third-order valence-electron chi connectivity index (χ3n) is 2.50. The van der Waals surface area contributed by atoms with Gasteiger partial charge >= 0.3 is 0 Å². The van der Waals surface area contributed by atoms with Crippen molar-refractivity contribution in [1.82, 2.24) is 15.0 Å². The third kappa shape index (κ3) is 1.39. The molecule has 0 atom stereocenters. The Morgan fingerprint density at radius 3 is 2.79 bits per heavy atom. The van der Waals surface area contributed by atoms with Gasteiger partial charge in [0.1, 0.15) is 5.52 Å². The van der Waals surface area contributed by atoms with Crippen molar-refractivity contribution >= 4 is 11.0 Å². The summed E-state index contributed by atoms with van der Waals surface area (Å²) in [5.74, 6) is 0.555. The summed E-state index contributed by atoms with van der Waals surface area (Å²) in [7, 11) is 0. The maximum Gasteiger partial charge on any atom is 0.113 e. The lowest BCUT2D eigenvalue weighted by Crippen LogP contribution is -1.96. The monoisotopic (exact) mass is 189 g/mol. The zero-order chi connectivity index (χ0) is 10.1. The summed E-state index contributed by atoms with van der Waals surface area (Å²) in [6.07, 6.45) is 0. The van der Waals surface area contributed by atoms with Gasteiger partial charge in [-0.15, -0.1) is 5.10 Å². The first-order chi connectivity index (χ1) is 6.72. The molecule has 2 aromatic rings. The van der Waals surface area contributed by atoms with Crippen molar-refractivity contribution in [2.24, 2.45) is 0 Å². The number of aromatic nitrogens is 3. The molecular weight excluding hydrogens is 174 g/mol. The Hall–Kier alpha value is -1.38. The largest absolute Gasteiger partial charge is 0.245 e. The Kier molecular flexibility index (Phi) is 2.23. The van der Waals surface area contributed by atoms with Crippen molar-refractivity contribution < 1.29 is 0 Å². The number of fused-ring (bicyclic) bond motifs is 1. The van der Waals surface area contributed by atoms with Crippen LogP contribution in [0.4, 0.5) is 0 Å². The molecule has 74 valence electrons. The van der Waals surface area contributed by atoms with Crippen molar-refractivity contribution in [2.45, 2.75) is 33.2 Å². The van der Waals surface area contributed by atoms with Crippen molar-refractivity contribution in [2.75, 3.05) is 0 Å². The molecule has 0 N–H and O–H groups in total. The van der Waals surface area contributed by atoms with Crippen LogP contribution in [0.25, 0.3) is 11.0 Å². The lowest BCUT2D eigenvalue weighted by Gasteiger charge is -2.05. The van der Waals surface area contributed by atoms with Gasteiger partial charge in [-0.25, -0.2) is 4.68 Å². The van der Waals surface area contributed by atoms with Crippen LogP contribution in [-0.2, 0) is 6.54 Å². The van der Waals surface area contributed by atoms with Gasteiger partial charge in [0.15, 0.2) is 0 Å². The fourth-order valence-electron chi connectivity index (χ4n) is 1.57. The smallest absolute Gasteiger partial charge is 0.113 e. The zero-order valence-electron chi connectivity index (χ0n) is 8.86. The van der Waals surface area contributed by atoms with Crippen LogP contribution in [0.3, 0.4) is 0 Å². The molecule has 0 bridgehead atoms. The maximum atomic E-state index is 4.10. The Bertz CT molecular complexity index is 443. The van der Waals surface area contributed by atoms with Crippen LogP contribution in [0.5, 0.6) is 0 Å². The highest BCUT2D eigenvalue weighted by molar-refractivity contribution is 5.75. The van der Waals surface area contributed by atoms with E-state index in [1.165, 1.54) is 5.56 Å². The zero-order valence-corrected chi connectivity index (χ0v) is 8.86. The summed E-state index contributed by atoms with van der Waals surface area (Å²) in [6.45, 7) is 7.34. The van der Waals surface area contributed by atoms with Gasteiger partial charge in [-0.2, -0.15) is 0 Å². The molecule has 1 aromatic carbocycles. The first kappa shape index (κ1) is 9.19. The van der Waals surface area contributed by atoms with Crippen LogP contribution >= 0.6 is 0 Å². The van der Waals surface area contributed by atoms with E-state index in [-0.39, 0.29) is 0 Å². The van der Waals surface area contributed by atoms with E-state index in [0.717, 1.165) is 17.6 Å².